The summed E-state index contributed by atoms with van der Waals surface area (Å²) in [5, 5.41) is 12.6. The molecule has 0 heterocycles. The summed E-state index contributed by atoms with van der Waals surface area (Å²) >= 11 is 0. The van der Waals surface area contributed by atoms with E-state index in [2.05, 4.69) is 4.99 Å². The van der Waals surface area contributed by atoms with E-state index in [0.717, 1.165) is 0 Å². The zero-order chi connectivity index (χ0) is 16.1. The molecule has 1 aliphatic carbocycles. The van der Waals surface area contributed by atoms with E-state index in [1.165, 1.54) is 12.1 Å². The molecule has 0 bridgehead atoms. The predicted octanol–water partition coefficient (Wildman–Crippen LogP) is -2.99. The summed E-state index contributed by atoms with van der Waals surface area (Å²) in [5.41, 5.74) is -0.373. The molecule has 5 nitrogen and oxygen atoms in total. The molecule has 0 aromatic heterocycles. The fourth-order valence-corrected chi connectivity index (χ4v) is 3.06. The Morgan fingerprint density at radius 3 is 1.96 bits per heavy atom. The molecule has 112 valence electrons. The fraction of sp³-hybridized carbons (Fsp3) is 0.111. The number of ketones is 1. The number of benzene rings is 2. The van der Waals surface area contributed by atoms with Crippen LogP contribution in [0.1, 0.15) is 22.0 Å². The van der Waals surface area contributed by atoms with Crippen molar-refractivity contribution >= 4 is 16.6 Å². The van der Waals surface area contributed by atoms with Crippen LogP contribution in [0.25, 0.3) is 10.8 Å². The molecule has 4 rings (SSSR count). The number of carbonyl (C=O) groups is 1. The minimum Gasteiger partial charge on any atom is -0.847 e. The maximum atomic E-state index is 12.4. The van der Waals surface area contributed by atoms with Crippen LogP contribution in [-0.2, 0) is 0 Å². The third kappa shape index (κ3) is 2.32. The largest absolute Gasteiger partial charge is 1.00 e. The van der Waals surface area contributed by atoms with Gasteiger partial charge >= 0.3 is 29.6 Å². The summed E-state index contributed by atoms with van der Waals surface area (Å²) in [7, 11) is 0. The molecule has 0 amide bonds. The number of rotatable bonds is 1. The van der Waals surface area contributed by atoms with Gasteiger partial charge in [-0.1, -0.05) is 54.6 Å². The van der Waals surface area contributed by atoms with Crippen molar-refractivity contribution < 1.29 is 39.5 Å². The number of fused-ring (bicyclic) bond motifs is 2. The van der Waals surface area contributed by atoms with Crippen molar-refractivity contribution in [2.75, 3.05) is 0 Å². The summed E-state index contributed by atoms with van der Waals surface area (Å²) in [4.78, 5) is 41.0. The monoisotopic (exact) mass is 327 g/mol. The summed E-state index contributed by atoms with van der Waals surface area (Å²) in [6, 6.07) is 11.6. The van der Waals surface area contributed by atoms with Gasteiger partial charge in [0.25, 0.3) is 0 Å². The van der Waals surface area contributed by atoms with Gasteiger partial charge in [-0.15, -0.1) is 0 Å². The molecule has 0 saturated carbocycles. The predicted molar refractivity (Wildman–Crippen MR) is 81.7 cm³/mol. The Kier molecular flexibility index (Phi) is 4.36. The first-order valence-corrected chi connectivity index (χ1v) is 7.15. The van der Waals surface area contributed by atoms with E-state index in [0.29, 0.717) is 11.1 Å². The molecule has 2 unspecified atom stereocenters. The normalized spacial score (nSPS) is 19.1. The molecule has 1 aliphatic rings. The molecule has 24 heavy (non-hydrogen) atoms. The number of Topliss-reactive ketones (excluding diaryl/α,β-unsaturated/α-hetero) is 1. The number of hydrogen-bond acceptors (Lipinski definition) is 5. The van der Waals surface area contributed by atoms with Gasteiger partial charge in [-0.3, -0.25) is 19.4 Å². The topological polar surface area (TPSA) is 86.6 Å². The quantitative estimate of drug-likeness (QED) is 0.446. The first-order valence-electron chi connectivity index (χ1n) is 7.15. The van der Waals surface area contributed by atoms with E-state index < -0.39 is 28.8 Å². The maximum absolute atomic E-state index is 12.4. The Bertz CT molecular complexity index is 1060. The molecular formula is C18H10NNaO4. The maximum Gasteiger partial charge on any atom is 1.00 e. The smallest absolute Gasteiger partial charge is 0.847 e. The van der Waals surface area contributed by atoms with Gasteiger partial charge in [-0.25, -0.2) is 0 Å². The van der Waals surface area contributed by atoms with Gasteiger partial charge in [0.1, 0.15) is 6.04 Å². The van der Waals surface area contributed by atoms with Gasteiger partial charge in [-0.2, -0.15) is 0 Å². The Hall–Kier alpha value is -1.92. The second-order valence-corrected chi connectivity index (χ2v) is 5.50. The van der Waals surface area contributed by atoms with Gasteiger partial charge in [0.2, 0.25) is 10.9 Å². The van der Waals surface area contributed by atoms with Crippen LogP contribution >= 0.6 is 0 Å². The molecule has 0 N–H and O–H groups in total. The molecular weight excluding hydrogens is 317 g/mol. The van der Waals surface area contributed by atoms with Gasteiger partial charge in [0, 0.05) is 16.3 Å². The standard InChI is InChI=1S/C18H10NO4.Na/c20-15-9-5-1-2-6-10(9)16(21)13(15)19-14-17(22)11-7-3-4-8-12(11)18(14)23;/h1-8,13,15H;/q-1;+1. The summed E-state index contributed by atoms with van der Waals surface area (Å²) < 4.78 is 0. The molecule has 0 fully saturated rings. The molecule has 3 aromatic carbocycles. The first-order chi connectivity index (χ1) is 11.1. The van der Waals surface area contributed by atoms with Crippen molar-refractivity contribution in [3.63, 3.8) is 0 Å². The van der Waals surface area contributed by atoms with Crippen molar-refractivity contribution in [3.05, 3.63) is 85.5 Å². The van der Waals surface area contributed by atoms with Crippen molar-refractivity contribution in [1.82, 2.24) is 0 Å². The van der Waals surface area contributed by atoms with Crippen LogP contribution in [0.3, 0.4) is 0 Å². The molecule has 0 aliphatic heterocycles. The molecule has 3 aromatic rings. The van der Waals surface area contributed by atoms with Crippen LogP contribution in [0.4, 0.5) is 0 Å². The van der Waals surface area contributed by atoms with E-state index in [-0.39, 0.29) is 45.7 Å². The van der Waals surface area contributed by atoms with Crippen LogP contribution in [-0.4, -0.2) is 11.8 Å². The fourth-order valence-electron chi connectivity index (χ4n) is 3.06. The van der Waals surface area contributed by atoms with Gasteiger partial charge in [-0.05, 0) is 5.56 Å². The molecule has 6 heteroatoms. The molecule has 0 spiro atoms. The Morgan fingerprint density at radius 1 is 0.833 bits per heavy atom. The average Bonchev–Trinajstić information content (AvgIpc) is 2.97. The van der Waals surface area contributed by atoms with E-state index in [9.17, 15) is 19.5 Å². The molecule has 0 radical (unpaired) electrons. The SMILES string of the molecule is O=C1c2ccccc2C([O-])C1N=c1c(=O)c2ccccc2c1=O.[Na+]. The minimum atomic E-state index is -1.39. The zero-order valence-corrected chi connectivity index (χ0v) is 14.9. The summed E-state index contributed by atoms with van der Waals surface area (Å²) in [6.07, 6.45) is -1.39. The van der Waals surface area contributed by atoms with E-state index >= 15 is 0 Å². The minimum absolute atomic E-state index is 0. The van der Waals surface area contributed by atoms with Crippen molar-refractivity contribution in [2.24, 2.45) is 4.99 Å². The van der Waals surface area contributed by atoms with Gasteiger partial charge < -0.3 is 5.11 Å². The van der Waals surface area contributed by atoms with Crippen molar-refractivity contribution in [3.8, 4) is 0 Å². The van der Waals surface area contributed by atoms with Crippen LogP contribution < -0.4 is 50.9 Å². The Labute approximate surface area is 158 Å². The summed E-state index contributed by atoms with van der Waals surface area (Å²) in [6.45, 7) is 0. The Morgan fingerprint density at radius 2 is 1.38 bits per heavy atom. The van der Waals surface area contributed by atoms with Crippen molar-refractivity contribution in [2.45, 2.75) is 12.1 Å². The van der Waals surface area contributed by atoms with Crippen LogP contribution in [0.5, 0.6) is 0 Å². The number of carbonyl (C=O) groups excluding carboxylic acids is 1. The Balaban J connectivity index is 0.00000169. The second kappa shape index (κ2) is 6.18. The number of nitrogens with zero attached hydrogens (tertiary/aromatic N) is 1. The van der Waals surface area contributed by atoms with Crippen LogP contribution in [0.2, 0.25) is 0 Å². The van der Waals surface area contributed by atoms with Crippen LogP contribution in [0, 0.1) is 0 Å². The average molecular weight is 327 g/mol. The molecule has 0 saturated heterocycles. The first kappa shape index (κ1) is 16.9. The van der Waals surface area contributed by atoms with Crippen LogP contribution in [0.15, 0.2) is 63.1 Å². The summed E-state index contributed by atoms with van der Waals surface area (Å²) in [5.74, 6) is -0.440. The van der Waals surface area contributed by atoms with Crippen molar-refractivity contribution in [1.29, 1.82) is 0 Å². The third-order valence-corrected chi connectivity index (χ3v) is 4.20. The van der Waals surface area contributed by atoms with E-state index in [1.54, 1.807) is 36.4 Å². The van der Waals surface area contributed by atoms with E-state index in [1.807, 2.05) is 0 Å². The third-order valence-electron chi connectivity index (χ3n) is 4.20. The molecule has 2 atom stereocenters. The zero-order valence-electron chi connectivity index (χ0n) is 12.9. The second-order valence-electron chi connectivity index (χ2n) is 5.50. The van der Waals surface area contributed by atoms with Gasteiger partial charge in [0.15, 0.2) is 11.1 Å². The number of hydrogen-bond donors (Lipinski definition) is 0. The van der Waals surface area contributed by atoms with Gasteiger partial charge in [0.05, 0.1) is 0 Å². The van der Waals surface area contributed by atoms with E-state index in [4.69, 9.17) is 0 Å².